The normalized spacial score (nSPS) is 14.6. The van der Waals surface area contributed by atoms with Crippen molar-refractivity contribution in [3.63, 3.8) is 0 Å². The molecule has 3 heteroatoms. The molecule has 307 valence electrons. The number of nitrogens with zero attached hydrogens (tertiary/aromatic N) is 3. The maximum Gasteiger partial charge on any atom is 0.195 e. The number of benzene rings is 7. The zero-order chi connectivity index (χ0) is 42.7. The van der Waals surface area contributed by atoms with Crippen LogP contribution in [0.15, 0.2) is 158 Å². The molecule has 0 fully saturated rings. The summed E-state index contributed by atoms with van der Waals surface area (Å²) in [5.74, 6) is 1.42. The first-order chi connectivity index (χ1) is 29.4. The minimum absolute atomic E-state index is 0.0616. The molecule has 1 radical (unpaired) electrons. The third-order valence-corrected chi connectivity index (χ3v) is 13.2. The Kier molecular flexibility index (Phi) is 10.4. The molecule has 0 unspecified atom stereocenters. The number of para-hydroxylation sites is 2. The molecule has 0 amide bonds. The van der Waals surface area contributed by atoms with Crippen LogP contribution in [0, 0.1) is 6.17 Å². The van der Waals surface area contributed by atoms with Crippen molar-refractivity contribution in [2.75, 3.05) is 14.7 Å². The van der Waals surface area contributed by atoms with Gasteiger partial charge in [0.1, 0.15) is 0 Å². The van der Waals surface area contributed by atoms with Gasteiger partial charge >= 0.3 is 0 Å². The zero-order valence-electron chi connectivity index (χ0n) is 37.7. The van der Waals surface area contributed by atoms with Crippen LogP contribution in [0.1, 0.15) is 132 Å². The van der Waals surface area contributed by atoms with Gasteiger partial charge < -0.3 is 14.7 Å². The van der Waals surface area contributed by atoms with E-state index in [4.69, 9.17) is 0 Å². The van der Waals surface area contributed by atoms with Crippen LogP contribution in [0.5, 0.6) is 0 Å². The summed E-state index contributed by atoms with van der Waals surface area (Å²) in [4.78, 5) is 7.44. The second kappa shape index (κ2) is 15.8. The van der Waals surface area contributed by atoms with E-state index in [1.165, 1.54) is 66.7 Å². The molecular formula is C58H60N3. The molecule has 7 aromatic carbocycles. The Morgan fingerprint density at radius 2 is 0.918 bits per heavy atom. The lowest BCUT2D eigenvalue weighted by molar-refractivity contribution is 0.660. The fraction of sp³-hybridized carbons (Fsp3) is 0.259. The summed E-state index contributed by atoms with van der Waals surface area (Å²) in [6.45, 7) is 23.3. The maximum absolute atomic E-state index is 2.49. The van der Waals surface area contributed by atoms with Crippen molar-refractivity contribution < 1.29 is 0 Å². The number of hydrogen-bond acceptors (Lipinski definition) is 3. The Bertz CT molecular complexity index is 2640. The van der Waals surface area contributed by atoms with Gasteiger partial charge in [0.25, 0.3) is 0 Å². The van der Waals surface area contributed by atoms with E-state index in [2.05, 4.69) is 242 Å². The molecule has 3 nitrogen and oxygen atoms in total. The molecule has 1 heterocycles. The average molecular weight is 799 g/mol. The molecule has 0 bridgehead atoms. The Morgan fingerprint density at radius 3 is 1.49 bits per heavy atom. The number of anilines is 5. The van der Waals surface area contributed by atoms with E-state index < -0.39 is 0 Å². The van der Waals surface area contributed by atoms with Crippen molar-refractivity contribution in [1.82, 2.24) is 0 Å². The van der Waals surface area contributed by atoms with Gasteiger partial charge in [0.2, 0.25) is 0 Å². The fourth-order valence-corrected chi connectivity index (χ4v) is 10.0. The first kappa shape index (κ1) is 40.4. The van der Waals surface area contributed by atoms with Gasteiger partial charge in [0.05, 0.1) is 17.1 Å². The summed E-state index contributed by atoms with van der Waals surface area (Å²) in [5.41, 5.74) is 17.9. The van der Waals surface area contributed by atoms with Crippen LogP contribution in [0.25, 0.3) is 21.9 Å². The molecule has 1 aliphatic carbocycles. The summed E-state index contributed by atoms with van der Waals surface area (Å²) in [5, 5.41) is 2.45. The molecule has 0 aromatic heterocycles. The third kappa shape index (κ3) is 6.83. The molecule has 0 spiro atoms. The average Bonchev–Trinajstić information content (AvgIpc) is 3.79. The topological polar surface area (TPSA) is 9.72 Å². The summed E-state index contributed by atoms with van der Waals surface area (Å²) < 4.78 is 0. The fourth-order valence-electron chi connectivity index (χ4n) is 10.0. The lowest BCUT2D eigenvalue weighted by atomic mass is 9.82. The van der Waals surface area contributed by atoms with Gasteiger partial charge in [-0.15, -0.1) is 0 Å². The Morgan fingerprint density at radius 1 is 0.443 bits per heavy atom. The van der Waals surface area contributed by atoms with Crippen LogP contribution in [-0.4, -0.2) is 0 Å². The molecule has 61 heavy (non-hydrogen) atoms. The van der Waals surface area contributed by atoms with Gasteiger partial charge in [-0.3, -0.25) is 0 Å². The predicted molar refractivity (Wildman–Crippen MR) is 262 cm³/mol. The van der Waals surface area contributed by atoms with Crippen LogP contribution >= 0.6 is 0 Å². The van der Waals surface area contributed by atoms with Crippen molar-refractivity contribution in [2.45, 2.75) is 98.3 Å². The number of rotatable bonds is 10. The molecule has 0 N–H and O–H groups in total. The summed E-state index contributed by atoms with van der Waals surface area (Å²) in [6, 6.07) is 54.6. The van der Waals surface area contributed by atoms with E-state index >= 15 is 0 Å². The van der Waals surface area contributed by atoms with Crippen molar-refractivity contribution >= 4 is 39.2 Å². The van der Waals surface area contributed by atoms with Crippen molar-refractivity contribution in [1.29, 1.82) is 0 Å². The van der Waals surface area contributed by atoms with Crippen LogP contribution < -0.4 is 14.7 Å². The molecular weight excluding hydrogens is 739 g/mol. The molecule has 7 aromatic rings. The SMILES string of the molecule is CC(C)c1cccc(C(C)C)c1N1C=CN(c2c(C(C)C)cccc2C(C)C)[C]1c1ccc(N(c2ccc3c(c2)-c2ccccc2C3(C)C)c2cccc3ccccc23)cc1. The van der Waals surface area contributed by atoms with E-state index in [0.29, 0.717) is 23.7 Å². The predicted octanol–water partition coefficient (Wildman–Crippen LogP) is 16.4. The van der Waals surface area contributed by atoms with Gasteiger partial charge in [-0.1, -0.05) is 184 Å². The minimum Gasteiger partial charge on any atom is -0.314 e. The van der Waals surface area contributed by atoms with Gasteiger partial charge in [0.15, 0.2) is 6.17 Å². The first-order valence-electron chi connectivity index (χ1n) is 22.4. The van der Waals surface area contributed by atoms with Gasteiger partial charge in [0, 0.05) is 40.1 Å². The lowest BCUT2D eigenvalue weighted by Gasteiger charge is -2.37. The standard InChI is InChI=1S/C58H60N3/c1-37(2)45-22-16-23-46(38(3)4)55(45)59-34-35-60(56-47(39(5)6)24-17-25-48(56)40(7)8)57(59)42-28-30-43(31-29-42)61(54-27-15-19-41-18-11-12-20-49(41)54)44-32-33-53-51(36-44)50-21-13-14-26-52(50)58(53,9)10/h11-40H,1-10H3. The summed E-state index contributed by atoms with van der Waals surface area (Å²) in [6.07, 6.45) is 5.78. The summed E-state index contributed by atoms with van der Waals surface area (Å²) >= 11 is 0. The van der Waals surface area contributed by atoms with Crippen LogP contribution in [-0.2, 0) is 5.41 Å². The summed E-state index contributed by atoms with van der Waals surface area (Å²) in [7, 11) is 0. The van der Waals surface area contributed by atoms with Crippen molar-refractivity contribution in [3.8, 4) is 11.1 Å². The molecule has 0 saturated heterocycles. The first-order valence-corrected chi connectivity index (χ1v) is 22.4. The smallest absolute Gasteiger partial charge is 0.195 e. The highest BCUT2D eigenvalue weighted by Crippen LogP contribution is 2.52. The Labute approximate surface area is 365 Å². The second-order valence-electron chi connectivity index (χ2n) is 18.8. The van der Waals surface area contributed by atoms with E-state index in [0.717, 1.165) is 28.8 Å². The van der Waals surface area contributed by atoms with E-state index in [9.17, 15) is 0 Å². The van der Waals surface area contributed by atoms with Crippen LogP contribution in [0.3, 0.4) is 0 Å². The van der Waals surface area contributed by atoms with Crippen LogP contribution in [0.2, 0.25) is 0 Å². The van der Waals surface area contributed by atoms with Crippen LogP contribution in [0.4, 0.5) is 28.4 Å². The largest absolute Gasteiger partial charge is 0.314 e. The van der Waals surface area contributed by atoms with E-state index in [1.807, 2.05) is 0 Å². The highest BCUT2D eigenvalue weighted by molar-refractivity contribution is 5.99. The van der Waals surface area contributed by atoms with Gasteiger partial charge in [-0.25, -0.2) is 0 Å². The second-order valence-corrected chi connectivity index (χ2v) is 18.8. The van der Waals surface area contributed by atoms with Crippen molar-refractivity contribution in [3.05, 3.63) is 203 Å². The van der Waals surface area contributed by atoms with E-state index in [-0.39, 0.29) is 5.41 Å². The zero-order valence-corrected chi connectivity index (χ0v) is 37.7. The molecule has 9 rings (SSSR count). The lowest BCUT2D eigenvalue weighted by Crippen LogP contribution is -2.34. The van der Waals surface area contributed by atoms with E-state index in [1.54, 1.807) is 0 Å². The quantitative estimate of drug-likeness (QED) is 0.136. The number of hydrogen-bond donors (Lipinski definition) is 0. The number of fused-ring (bicyclic) bond motifs is 4. The highest BCUT2D eigenvalue weighted by atomic mass is 15.4. The monoisotopic (exact) mass is 798 g/mol. The molecule has 1 aliphatic heterocycles. The molecule has 2 aliphatic rings. The van der Waals surface area contributed by atoms with Crippen molar-refractivity contribution in [2.24, 2.45) is 0 Å². The molecule has 0 atom stereocenters. The maximum atomic E-state index is 2.49. The van der Waals surface area contributed by atoms with Gasteiger partial charge in [-0.2, -0.15) is 0 Å². The van der Waals surface area contributed by atoms with Gasteiger partial charge in [-0.05, 0) is 104 Å². The Balaban J connectivity index is 1.24. The third-order valence-electron chi connectivity index (χ3n) is 13.2. The molecule has 0 saturated carbocycles. The highest BCUT2D eigenvalue weighted by Gasteiger charge is 2.38. The minimum atomic E-state index is -0.0616. The Hall–Kier alpha value is -6.06.